The van der Waals surface area contributed by atoms with Crippen LogP contribution < -0.4 is 0 Å². The molecule has 0 saturated carbocycles. The van der Waals surface area contributed by atoms with Crippen molar-refractivity contribution in [2.24, 2.45) is 5.92 Å². The largest absolute Gasteiger partial charge is 0.394 e. The van der Waals surface area contributed by atoms with Gasteiger partial charge in [0, 0.05) is 0 Å². The Labute approximate surface area is 151 Å². The van der Waals surface area contributed by atoms with Gasteiger partial charge in [0.05, 0.1) is 19.3 Å². The van der Waals surface area contributed by atoms with E-state index in [-0.39, 0.29) is 5.92 Å². The van der Waals surface area contributed by atoms with Gasteiger partial charge in [-0.15, -0.1) is 0 Å². The molecule has 2 rings (SSSR count). The standard InChI is InChI=1S/C16H30O10/c1-6(2)3-7-10(19)13(22)15(9(5-18)24-7)26-16-14(23)12(21)11(20)8(4-17)25-16/h6-23H,3-5H2,1-2H3/t7?,8?,9?,10?,11?,12?,13?,14?,15?,16-/m0/s1. The zero-order chi connectivity index (χ0) is 19.6. The van der Waals surface area contributed by atoms with Crippen molar-refractivity contribution in [3.63, 3.8) is 0 Å². The molecule has 26 heavy (non-hydrogen) atoms. The van der Waals surface area contributed by atoms with Crippen LogP contribution in [-0.4, -0.2) is 110 Å². The molecular formula is C16H30O10. The quantitative estimate of drug-likeness (QED) is 0.247. The number of aliphatic hydroxyl groups is 7. The van der Waals surface area contributed by atoms with Gasteiger partial charge in [0.2, 0.25) is 0 Å². The number of rotatable bonds is 6. The van der Waals surface area contributed by atoms with Gasteiger partial charge in [-0.25, -0.2) is 0 Å². The van der Waals surface area contributed by atoms with Crippen molar-refractivity contribution < 1.29 is 50.0 Å². The summed E-state index contributed by atoms with van der Waals surface area (Å²) in [4.78, 5) is 0. The highest BCUT2D eigenvalue weighted by molar-refractivity contribution is 4.95. The minimum absolute atomic E-state index is 0.184. The molecule has 0 radical (unpaired) electrons. The molecule has 10 nitrogen and oxygen atoms in total. The van der Waals surface area contributed by atoms with Crippen LogP contribution >= 0.6 is 0 Å². The third kappa shape index (κ3) is 4.53. The lowest BCUT2D eigenvalue weighted by Crippen LogP contribution is -2.64. The Morgan fingerprint density at radius 2 is 1.31 bits per heavy atom. The molecule has 10 heteroatoms. The first-order valence-corrected chi connectivity index (χ1v) is 8.79. The molecule has 2 fully saturated rings. The van der Waals surface area contributed by atoms with E-state index in [9.17, 15) is 35.7 Å². The molecule has 154 valence electrons. The Morgan fingerprint density at radius 1 is 0.731 bits per heavy atom. The second-order valence-corrected chi connectivity index (χ2v) is 7.30. The van der Waals surface area contributed by atoms with E-state index in [1.807, 2.05) is 13.8 Å². The normalized spacial score (nSPS) is 47.3. The second-order valence-electron chi connectivity index (χ2n) is 7.30. The molecule has 9 unspecified atom stereocenters. The molecule has 10 atom stereocenters. The fourth-order valence-electron chi connectivity index (χ4n) is 3.33. The Morgan fingerprint density at radius 3 is 1.85 bits per heavy atom. The fraction of sp³-hybridized carbons (Fsp3) is 1.00. The molecule has 2 heterocycles. The number of ether oxygens (including phenoxy) is 3. The topological polar surface area (TPSA) is 169 Å². The summed E-state index contributed by atoms with van der Waals surface area (Å²) in [5.41, 5.74) is 0. The molecular weight excluding hydrogens is 352 g/mol. The maximum Gasteiger partial charge on any atom is 0.187 e. The highest BCUT2D eigenvalue weighted by atomic mass is 16.7. The van der Waals surface area contributed by atoms with Gasteiger partial charge in [-0.2, -0.15) is 0 Å². The van der Waals surface area contributed by atoms with Gasteiger partial charge in [-0.1, -0.05) is 13.8 Å². The van der Waals surface area contributed by atoms with Crippen LogP contribution in [0.5, 0.6) is 0 Å². The van der Waals surface area contributed by atoms with Gasteiger partial charge in [0.25, 0.3) is 0 Å². The lowest BCUT2D eigenvalue weighted by atomic mass is 9.90. The highest BCUT2D eigenvalue weighted by Gasteiger charge is 2.50. The summed E-state index contributed by atoms with van der Waals surface area (Å²) in [7, 11) is 0. The summed E-state index contributed by atoms with van der Waals surface area (Å²) >= 11 is 0. The van der Waals surface area contributed by atoms with Crippen LogP contribution in [0.3, 0.4) is 0 Å². The average molecular weight is 382 g/mol. The van der Waals surface area contributed by atoms with Crippen molar-refractivity contribution in [1.29, 1.82) is 0 Å². The Kier molecular flexibility index (Phi) is 7.74. The van der Waals surface area contributed by atoms with Crippen LogP contribution in [0.2, 0.25) is 0 Å². The van der Waals surface area contributed by atoms with Gasteiger partial charge in [-0.3, -0.25) is 0 Å². The predicted octanol–water partition coefficient (Wildman–Crippen LogP) is -3.30. The van der Waals surface area contributed by atoms with Crippen LogP contribution in [-0.2, 0) is 14.2 Å². The first-order chi connectivity index (χ1) is 12.2. The Bertz CT molecular complexity index is 431. The summed E-state index contributed by atoms with van der Waals surface area (Å²) in [6, 6.07) is 0. The Balaban J connectivity index is 2.11. The van der Waals surface area contributed by atoms with E-state index in [4.69, 9.17) is 14.2 Å². The van der Waals surface area contributed by atoms with E-state index in [0.29, 0.717) is 6.42 Å². The van der Waals surface area contributed by atoms with Gasteiger partial charge in [0.1, 0.15) is 48.8 Å². The SMILES string of the molecule is CC(C)CC1OC(CO)C(O[C@@H]2OC(CO)C(O)C(O)C2O)C(O)C1O. The number of hydrogen-bond acceptors (Lipinski definition) is 10. The van der Waals surface area contributed by atoms with Gasteiger partial charge >= 0.3 is 0 Å². The minimum atomic E-state index is -1.66. The van der Waals surface area contributed by atoms with E-state index in [1.165, 1.54) is 0 Å². The Hall–Kier alpha value is -0.400. The van der Waals surface area contributed by atoms with Gasteiger partial charge in [0.15, 0.2) is 6.29 Å². The van der Waals surface area contributed by atoms with E-state index in [1.54, 1.807) is 0 Å². The van der Waals surface area contributed by atoms with Crippen LogP contribution in [0.25, 0.3) is 0 Å². The average Bonchev–Trinajstić information content (AvgIpc) is 2.60. The fourth-order valence-corrected chi connectivity index (χ4v) is 3.33. The maximum atomic E-state index is 10.4. The predicted molar refractivity (Wildman–Crippen MR) is 85.9 cm³/mol. The van der Waals surface area contributed by atoms with E-state index in [2.05, 4.69) is 0 Å². The minimum Gasteiger partial charge on any atom is -0.394 e. The molecule has 0 spiro atoms. The number of aliphatic hydroxyl groups excluding tert-OH is 7. The first-order valence-electron chi connectivity index (χ1n) is 8.79. The van der Waals surface area contributed by atoms with Crippen molar-refractivity contribution in [3.05, 3.63) is 0 Å². The van der Waals surface area contributed by atoms with Crippen molar-refractivity contribution in [1.82, 2.24) is 0 Å². The summed E-state index contributed by atoms with van der Waals surface area (Å²) in [5, 5.41) is 69.1. The van der Waals surface area contributed by atoms with Crippen molar-refractivity contribution >= 4 is 0 Å². The molecule has 0 aromatic carbocycles. The summed E-state index contributed by atoms with van der Waals surface area (Å²) in [6.07, 6.45) is -12.7. The molecule has 0 amide bonds. The first kappa shape index (κ1) is 21.9. The summed E-state index contributed by atoms with van der Waals surface area (Å²) in [6.45, 7) is 2.71. The molecule has 0 bridgehead atoms. The highest BCUT2D eigenvalue weighted by Crippen LogP contribution is 2.30. The van der Waals surface area contributed by atoms with Crippen LogP contribution in [0.15, 0.2) is 0 Å². The van der Waals surface area contributed by atoms with Crippen LogP contribution in [0.1, 0.15) is 20.3 Å². The zero-order valence-corrected chi connectivity index (χ0v) is 14.8. The number of hydrogen-bond donors (Lipinski definition) is 7. The zero-order valence-electron chi connectivity index (χ0n) is 14.8. The molecule has 0 aromatic rings. The lowest BCUT2D eigenvalue weighted by Gasteiger charge is -2.46. The molecule has 2 aliphatic heterocycles. The van der Waals surface area contributed by atoms with E-state index < -0.39 is 74.4 Å². The van der Waals surface area contributed by atoms with Crippen LogP contribution in [0, 0.1) is 5.92 Å². The lowest BCUT2D eigenvalue weighted by molar-refractivity contribution is -0.342. The van der Waals surface area contributed by atoms with Crippen molar-refractivity contribution in [3.8, 4) is 0 Å². The second kappa shape index (κ2) is 9.20. The molecule has 7 N–H and O–H groups in total. The molecule has 2 aliphatic rings. The van der Waals surface area contributed by atoms with Gasteiger partial charge < -0.3 is 50.0 Å². The van der Waals surface area contributed by atoms with Crippen LogP contribution in [0.4, 0.5) is 0 Å². The van der Waals surface area contributed by atoms with Crippen molar-refractivity contribution in [2.75, 3.05) is 13.2 Å². The summed E-state index contributed by atoms with van der Waals surface area (Å²) in [5.74, 6) is 0.184. The third-order valence-corrected chi connectivity index (χ3v) is 4.81. The molecule has 0 aliphatic carbocycles. The molecule has 0 aromatic heterocycles. The van der Waals surface area contributed by atoms with Gasteiger partial charge in [-0.05, 0) is 12.3 Å². The summed E-state index contributed by atoms with van der Waals surface area (Å²) < 4.78 is 16.4. The molecule has 2 saturated heterocycles. The van der Waals surface area contributed by atoms with E-state index in [0.717, 1.165) is 0 Å². The van der Waals surface area contributed by atoms with Crippen molar-refractivity contribution in [2.45, 2.75) is 81.5 Å². The smallest absolute Gasteiger partial charge is 0.187 e. The van der Waals surface area contributed by atoms with E-state index >= 15 is 0 Å². The monoisotopic (exact) mass is 382 g/mol. The maximum absolute atomic E-state index is 10.4. The third-order valence-electron chi connectivity index (χ3n) is 4.81.